The number of carbonyl (C=O) groups excluding carboxylic acids is 1. The molecule has 82 valence electrons. The number of nitrogens with two attached hydrogens (primary N) is 1. The topological polar surface area (TPSA) is 55.1 Å². The number of allylic oxidation sites excluding steroid dienone is 1. The van der Waals surface area contributed by atoms with Gasteiger partial charge in [0.05, 0.1) is 0 Å². The number of nitrogens with one attached hydrogen (secondary N) is 1. The van der Waals surface area contributed by atoms with Gasteiger partial charge in [-0.15, -0.1) is 0 Å². The normalized spacial score (nSPS) is 13.1. The first-order valence-corrected chi connectivity index (χ1v) is 5.34. The Balaban J connectivity index is 3.45. The molecule has 0 radical (unpaired) electrons. The maximum absolute atomic E-state index is 11.3. The molecule has 0 saturated carbocycles. The van der Waals surface area contributed by atoms with Crippen LogP contribution >= 0.6 is 0 Å². The van der Waals surface area contributed by atoms with Crippen molar-refractivity contribution in [3.8, 4) is 0 Å². The molecule has 0 saturated heterocycles. The number of rotatable bonds is 7. The van der Waals surface area contributed by atoms with Gasteiger partial charge in [0.25, 0.3) is 0 Å². The highest BCUT2D eigenvalue weighted by molar-refractivity contribution is 5.76. The summed E-state index contributed by atoms with van der Waals surface area (Å²) >= 11 is 0. The minimum atomic E-state index is 0.0155. The lowest BCUT2D eigenvalue weighted by Gasteiger charge is -2.09. The number of hydrogen-bond donors (Lipinski definition) is 2. The molecule has 14 heavy (non-hydrogen) atoms. The summed E-state index contributed by atoms with van der Waals surface area (Å²) in [4.78, 5) is 11.3. The summed E-state index contributed by atoms with van der Waals surface area (Å²) in [6.45, 7) is 4.75. The van der Waals surface area contributed by atoms with Crippen molar-refractivity contribution in [1.29, 1.82) is 0 Å². The lowest BCUT2D eigenvalue weighted by atomic mass is 10.1. The highest BCUT2D eigenvalue weighted by Crippen LogP contribution is 1.97. The van der Waals surface area contributed by atoms with Crippen molar-refractivity contribution in [2.45, 2.75) is 45.6 Å². The van der Waals surface area contributed by atoms with Gasteiger partial charge in [-0.3, -0.25) is 4.79 Å². The summed E-state index contributed by atoms with van der Waals surface area (Å²) in [7, 11) is 0. The molecule has 0 fully saturated rings. The van der Waals surface area contributed by atoms with Gasteiger partial charge in [-0.2, -0.15) is 0 Å². The van der Waals surface area contributed by atoms with E-state index >= 15 is 0 Å². The van der Waals surface area contributed by atoms with Crippen LogP contribution in [-0.2, 0) is 4.79 Å². The summed E-state index contributed by atoms with van der Waals surface area (Å²) in [5, 5.41) is 2.84. The van der Waals surface area contributed by atoms with Gasteiger partial charge in [0.1, 0.15) is 0 Å². The van der Waals surface area contributed by atoms with E-state index in [1.54, 1.807) is 0 Å². The monoisotopic (exact) mass is 198 g/mol. The molecular formula is C11H22N2O. The SMILES string of the molecule is C/C=C/CCNC(=O)CC(N)CCC. The average Bonchev–Trinajstić information content (AvgIpc) is 2.13. The van der Waals surface area contributed by atoms with E-state index in [0.717, 1.165) is 19.3 Å². The van der Waals surface area contributed by atoms with Crippen molar-refractivity contribution >= 4 is 5.91 Å². The molecule has 0 aromatic rings. The third kappa shape index (κ3) is 7.80. The van der Waals surface area contributed by atoms with E-state index in [9.17, 15) is 4.79 Å². The van der Waals surface area contributed by atoms with Crippen LogP contribution in [-0.4, -0.2) is 18.5 Å². The smallest absolute Gasteiger partial charge is 0.221 e. The van der Waals surface area contributed by atoms with E-state index in [1.807, 2.05) is 19.1 Å². The van der Waals surface area contributed by atoms with E-state index in [0.29, 0.717) is 13.0 Å². The first-order chi connectivity index (χ1) is 6.70. The van der Waals surface area contributed by atoms with Gasteiger partial charge in [-0.25, -0.2) is 0 Å². The molecule has 3 nitrogen and oxygen atoms in total. The van der Waals surface area contributed by atoms with Crippen LogP contribution < -0.4 is 11.1 Å². The Morgan fingerprint density at radius 3 is 2.86 bits per heavy atom. The molecule has 0 aromatic carbocycles. The molecule has 0 spiro atoms. The number of hydrogen-bond acceptors (Lipinski definition) is 2. The maximum Gasteiger partial charge on any atom is 0.221 e. The second-order valence-corrected chi connectivity index (χ2v) is 3.46. The molecule has 0 heterocycles. The van der Waals surface area contributed by atoms with E-state index in [1.165, 1.54) is 0 Å². The molecule has 1 atom stereocenters. The van der Waals surface area contributed by atoms with E-state index in [2.05, 4.69) is 12.2 Å². The summed E-state index contributed by atoms with van der Waals surface area (Å²) < 4.78 is 0. The van der Waals surface area contributed by atoms with E-state index < -0.39 is 0 Å². The third-order valence-electron chi connectivity index (χ3n) is 1.98. The molecular weight excluding hydrogens is 176 g/mol. The van der Waals surface area contributed by atoms with Crippen LogP contribution in [0.3, 0.4) is 0 Å². The summed E-state index contributed by atoms with van der Waals surface area (Å²) in [5.74, 6) is 0.0652. The molecule has 1 amide bonds. The van der Waals surface area contributed by atoms with Crippen LogP contribution in [0.5, 0.6) is 0 Å². The fraction of sp³-hybridized carbons (Fsp3) is 0.727. The highest BCUT2D eigenvalue weighted by atomic mass is 16.1. The highest BCUT2D eigenvalue weighted by Gasteiger charge is 2.06. The van der Waals surface area contributed by atoms with Crippen molar-refractivity contribution in [3.05, 3.63) is 12.2 Å². The molecule has 0 aliphatic heterocycles. The number of amides is 1. The maximum atomic E-state index is 11.3. The van der Waals surface area contributed by atoms with Gasteiger partial charge in [-0.1, -0.05) is 25.5 Å². The molecule has 1 unspecified atom stereocenters. The van der Waals surface area contributed by atoms with Crippen molar-refractivity contribution in [1.82, 2.24) is 5.32 Å². The van der Waals surface area contributed by atoms with E-state index in [4.69, 9.17) is 5.73 Å². The van der Waals surface area contributed by atoms with Crippen LogP contribution in [0.25, 0.3) is 0 Å². The Morgan fingerprint density at radius 2 is 2.29 bits per heavy atom. The molecule has 3 N–H and O–H groups in total. The van der Waals surface area contributed by atoms with Gasteiger partial charge in [0.15, 0.2) is 0 Å². The lowest BCUT2D eigenvalue weighted by molar-refractivity contribution is -0.121. The first-order valence-electron chi connectivity index (χ1n) is 5.34. The molecule has 0 bridgehead atoms. The van der Waals surface area contributed by atoms with Crippen molar-refractivity contribution in [2.75, 3.05) is 6.54 Å². The zero-order valence-electron chi connectivity index (χ0n) is 9.25. The van der Waals surface area contributed by atoms with Gasteiger partial charge in [-0.05, 0) is 19.8 Å². The number of carbonyl (C=O) groups is 1. The summed E-state index contributed by atoms with van der Waals surface area (Å²) in [6, 6.07) is 0.0155. The van der Waals surface area contributed by atoms with Crippen molar-refractivity contribution < 1.29 is 4.79 Å². The van der Waals surface area contributed by atoms with Crippen LogP contribution in [0, 0.1) is 0 Å². The Labute approximate surface area is 86.8 Å². The Bertz CT molecular complexity index is 178. The zero-order valence-corrected chi connectivity index (χ0v) is 9.25. The summed E-state index contributed by atoms with van der Waals surface area (Å²) in [5.41, 5.74) is 5.74. The Kier molecular flexibility index (Phi) is 8.24. The fourth-order valence-corrected chi connectivity index (χ4v) is 1.24. The van der Waals surface area contributed by atoms with Crippen LogP contribution in [0.4, 0.5) is 0 Å². The quantitative estimate of drug-likeness (QED) is 0.482. The second kappa shape index (κ2) is 8.75. The predicted octanol–water partition coefficient (Wildman–Crippen LogP) is 1.59. The Hall–Kier alpha value is -0.830. The third-order valence-corrected chi connectivity index (χ3v) is 1.98. The predicted molar refractivity (Wildman–Crippen MR) is 59.9 cm³/mol. The van der Waals surface area contributed by atoms with Gasteiger partial charge in [0, 0.05) is 19.0 Å². The van der Waals surface area contributed by atoms with Crippen molar-refractivity contribution in [3.63, 3.8) is 0 Å². The van der Waals surface area contributed by atoms with Gasteiger partial charge < -0.3 is 11.1 Å². The Morgan fingerprint density at radius 1 is 1.57 bits per heavy atom. The van der Waals surface area contributed by atoms with Gasteiger partial charge >= 0.3 is 0 Å². The van der Waals surface area contributed by atoms with Crippen LogP contribution in [0.15, 0.2) is 12.2 Å². The fourth-order valence-electron chi connectivity index (χ4n) is 1.24. The average molecular weight is 198 g/mol. The minimum absolute atomic E-state index is 0.0155. The zero-order chi connectivity index (χ0) is 10.8. The van der Waals surface area contributed by atoms with Crippen molar-refractivity contribution in [2.24, 2.45) is 5.73 Å². The molecule has 0 aliphatic rings. The lowest BCUT2D eigenvalue weighted by Crippen LogP contribution is -2.31. The van der Waals surface area contributed by atoms with Crippen LogP contribution in [0.1, 0.15) is 39.5 Å². The van der Waals surface area contributed by atoms with Crippen LogP contribution in [0.2, 0.25) is 0 Å². The largest absolute Gasteiger partial charge is 0.356 e. The molecule has 3 heteroatoms. The summed E-state index contributed by atoms with van der Waals surface area (Å²) in [6.07, 6.45) is 7.31. The second-order valence-electron chi connectivity index (χ2n) is 3.46. The molecule has 0 aliphatic carbocycles. The molecule has 0 aromatic heterocycles. The van der Waals surface area contributed by atoms with E-state index in [-0.39, 0.29) is 11.9 Å². The standard InChI is InChI=1S/C11H22N2O/c1-3-5-6-8-13-11(14)9-10(12)7-4-2/h3,5,10H,4,6-9,12H2,1-2H3,(H,13,14)/b5-3+. The molecule has 0 rings (SSSR count). The first kappa shape index (κ1) is 13.2. The van der Waals surface area contributed by atoms with Gasteiger partial charge in [0.2, 0.25) is 5.91 Å². The minimum Gasteiger partial charge on any atom is -0.356 e.